The Labute approximate surface area is 140 Å². The van der Waals surface area contributed by atoms with Crippen molar-refractivity contribution >= 4 is 46.7 Å². The van der Waals surface area contributed by atoms with Gasteiger partial charge < -0.3 is 5.32 Å². The third-order valence-corrected chi connectivity index (χ3v) is 7.42. The van der Waals surface area contributed by atoms with E-state index in [1.54, 1.807) is 0 Å². The summed E-state index contributed by atoms with van der Waals surface area (Å²) in [6.07, 6.45) is 1.14. The summed E-state index contributed by atoms with van der Waals surface area (Å²) in [7, 11) is 0. The van der Waals surface area contributed by atoms with Crippen LogP contribution < -0.4 is 5.32 Å². The molecule has 20 heavy (non-hydrogen) atoms. The summed E-state index contributed by atoms with van der Waals surface area (Å²) >= 11 is 16.4. The maximum Gasteiger partial charge on any atom is 0.0595 e. The van der Waals surface area contributed by atoms with E-state index in [2.05, 4.69) is 48.8 Å². The van der Waals surface area contributed by atoms with Gasteiger partial charge in [0.15, 0.2) is 0 Å². The number of thioether (sulfide) groups is 2. The molecule has 1 aromatic carbocycles. The van der Waals surface area contributed by atoms with Crippen molar-refractivity contribution in [3.05, 3.63) is 33.8 Å². The van der Waals surface area contributed by atoms with Gasteiger partial charge in [-0.15, -0.1) is 0 Å². The molecule has 3 unspecified atom stereocenters. The highest BCUT2D eigenvalue weighted by Gasteiger charge is 2.31. The average Bonchev–Trinajstić information content (AvgIpc) is 2.44. The molecule has 0 saturated carbocycles. The van der Waals surface area contributed by atoms with Gasteiger partial charge in [0.05, 0.1) is 10.0 Å². The van der Waals surface area contributed by atoms with Crippen LogP contribution in [0.2, 0.25) is 10.0 Å². The minimum atomic E-state index is 0.345. The maximum atomic E-state index is 6.20. The first kappa shape index (κ1) is 16.8. The third kappa shape index (κ3) is 4.23. The minimum absolute atomic E-state index is 0.345. The van der Waals surface area contributed by atoms with Crippen LogP contribution >= 0.6 is 46.7 Å². The Bertz CT molecular complexity index is 442. The summed E-state index contributed by atoms with van der Waals surface area (Å²) in [6.45, 7) is 5.56. The third-order valence-electron chi connectivity index (χ3n) is 3.48. The molecule has 0 radical (unpaired) electrons. The lowest BCUT2D eigenvalue weighted by Gasteiger charge is -2.35. The number of nitrogens with one attached hydrogen (secondary N) is 1. The number of benzene rings is 1. The lowest BCUT2D eigenvalue weighted by molar-refractivity contribution is 0.509. The fraction of sp³-hybridized carbons (Fsp3) is 0.600. The number of hydrogen-bond acceptors (Lipinski definition) is 3. The van der Waals surface area contributed by atoms with E-state index in [0.29, 0.717) is 26.6 Å². The van der Waals surface area contributed by atoms with Crippen molar-refractivity contribution in [3.8, 4) is 0 Å². The summed E-state index contributed by atoms with van der Waals surface area (Å²) in [4.78, 5) is 0. The van der Waals surface area contributed by atoms with Crippen molar-refractivity contribution in [2.24, 2.45) is 0 Å². The van der Waals surface area contributed by atoms with Gasteiger partial charge in [-0.2, -0.15) is 23.5 Å². The highest BCUT2D eigenvalue weighted by atomic mass is 35.5. The molecule has 1 aromatic rings. The molecule has 1 fully saturated rings. The van der Waals surface area contributed by atoms with Gasteiger partial charge in [-0.1, -0.05) is 43.1 Å². The number of halogens is 2. The second-order valence-corrected chi connectivity index (χ2v) is 8.60. The first-order valence-electron chi connectivity index (χ1n) is 7.05. The maximum absolute atomic E-state index is 6.20. The summed E-state index contributed by atoms with van der Waals surface area (Å²) in [6, 6.07) is 6.38. The summed E-state index contributed by atoms with van der Waals surface area (Å²) in [5, 5.41) is 6.20. The first-order valence-corrected chi connectivity index (χ1v) is 9.90. The molecule has 5 heteroatoms. The molecule has 0 aromatic heterocycles. The average molecular weight is 350 g/mol. The molecule has 2 rings (SSSR count). The molecule has 0 bridgehead atoms. The van der Waals surface area contributed by atoms with E-state index in [0.717, 1.165) is 13.0 Å². The normalized spacial score (nSPS) is 24.6. The molecule has 1 aliphatic heterocycles. The van der Waals surface area contributed by atoms with Crippen molar-refractivity contribution < 1.29 is 0 Å². The molecule has 1 nitrogen and oxygen atoms in total. The molecule has 1 saturated heterocycles. The quantitative estimate of drug-likeness (QED) is 0.777. The Morgan fingerprint density at radius 3 is 2.65 bits per heavy atom. The predicted molar refractivity (Wildman–Crippen MR) is 95.7 cm³/mol. The van der Waals surface area contributed by atoms with Crippen LogP contribution in [0.25, 0.3) is 0 Å². The molecule has 0 spiro atoms. The molecule has 1 heterocycles. The van der Waals surface area contributed by atoms with Crippen molar-refractivity contribution in [1.82, 2.24) is 5.32 Å². The Balaban J connectivity index is 2.23. The van der Waals surface area contributed by atoms with Crippen LogP contribution in [0, 0.1) is 0 Å². The van der Waals surface area contributed by atoms with Gasteiger partial charge in [0.2, 0.25) is 0 Å². The fourth-order valence-electron chi connectivity index (χ4n) is 2.45. The molecular weight excluding hydrogens is 329 g/mol. The molecule has 0 amide bonds. The van der Waals surface area contributed by atoms with E-state index in [9.17, 15) is 0 Å². The molecule has 1 aliphatic rings. The molecule has 3 atom stereocenters. The van der Waals surface area contributed by atoms with Gasteiger partial charge >= 0.3 is 0 Å². The Hall–Kier alpha value is 0.460. The van der Waals surface area contributed by atoms with Crippen LogP contribution in [0.4, 0.5) is 0 Å². The first-order chi connectivity index (χ1) is 9.63. The minimum Gasteiger partial charge on any atom is -0.309 e. The van der Waals surface area contributed by atoms with Crippen LogP contribution in [0.3, 0.4) is 0 Å². The van der Waals surface area contributed by atoms with Crippen LogP contribution in [-0.2, 0) is 0 Å². The number of hydrogen-bond donors (Lipinski definition) is 1. The van der Waals surface area contributed by atoms with E-state index >= 15 is 0 Å². The smallest absolute Gasteiger partial charge is 0.0595 e. The molecule has 0 aliphatic carbocycles. The van der Waals surface area contributed by atoms with Gasteiger partial charge in [0.1, 0.15) is 0 Å². The van der Waals surface area contributed by atoms with Crippen molar-refractivity contribution in [2.45, 2.75) is 36.8 Å². The lowest BCUT2D eigenvalue weighted by Crippen LogP contribution is -2.38. The standard InChI is InChI=1S/C15H21Cl2NS2/c1-3-6-18-14(15-10(2)19-7-8-20-15)11-4-5-12(16)13(17)9-11/h4-5,9-10,14-15,18H,3,6-8H2,1-2H3. The van der Waals surface area contributed by atoms with E-state index in [1.807, 2.05) is 12.1 Å². The van der Waals surface area contributed by atoms with E-state index in [-0.39, 0.29) is 0 Å². The van der Waals surface area contributed by atoms with E-state index in [4.69, 9.17) is 23.2 Å². The molecular formula is C15H21Cl2NS2. The Morgan fingerprint density at radius 2 is 2.00 bits per heavy atom. The Morgan fingerprint density at radius 1 is 1.25 bits per heavy atom. The highest BCUT2D eigenvalue weighted by molar-refractivity contribution is 8.07. The van der Waals surface area contributed by atoms with Crippen LogP contribution in [-0.4, -0.2) is 28.6 Å². The zero-order chi connectivity index (χ0) is 14.5. The van der Waals surface area contributed by atoms with Crippen molar-refractivity contribution in [2.75, 3.05) is 18.1 Å². The molecule has 112 valence electrons. The fourth-order valence-corrected chi connectivity index (χ4v) is 5.70. The zero-order valence-electron chi connectivity index (χ0n) is 11.9. The monoisotopic (exact) mass is 349 g/mol. The van der Waals surface area contributed by atoms with Gasteiger partial charge in [-0.3, -0.25) is 0 Å². The van der Waals surface area contributed by atoms with Crippen LogP contribution in [0.15, 0.2) is 18.2 Å². The van der Waals surface area contributed by atoms with E-state index < -0.39 is 0 Å². The second kappa shape index (κ2) is 8.19. The van der Waals surface area contributed by atoms with Gasteiger partial charge in [0.25, 0.3) is 0 Å². The van der Waals surface area contributed by atoms with Crippen molar-refractivity contribution in [3.63, 3.8) is 0 Å². The second-order valence-electron chi connectivity index (χ2n) is 5.02. The lowest BCUT2D eigenvalue weighted by atomic mass is 10.0. The Kier molecular flexibility index (Phi) is 6.89. The summed E-state index contributed by atoms with van der Waals surface area (Å²) in [5.74, 6) is 2.48. The highest BCUT2D eigenvalue weighted by Crippen LogP contribution is 2.39. The van der Waals surface area contributed by atoms with Gasteiger partial charge in [0, 0.05) is 28.0 Å². The SMILES string of the molecule is CCCNC(c1ccc(Cl)c(Cl)c1)C1SCCSC1C. The number of rotatable bonds is 5. The topological polar surface area (TPSA) is 12.0 Å². The molecule has 1 N–H and O–H groups in total. The van der Waals surface area contributed by atoms with Crippen molar-refractivity contribution in [1.29, 1.82) is 0 Å². The van der Waals surface area contributed by atoms with Gasteiger partial charge in [-0.05, 0) is 30.7 Å². The van der Waals surface area contributed by atoms with Crippen LogP contribution in [0.1, 0.15) is 31.9 Å². The zero-order valence-corrected chi connectivity index (χ0v) is 15.0. The summed E-state index contributed by atoms with van der Waals surface area (Å²) in [5.41, 5.74) is 1.25. The summed E-state index contributed by atoms with van der Waals surface area (Å²) < 4.78 is 0. The van der Waals surface area contributed by atoms with Crippen LogP contribution in [0.5, 0.6) is 0 Å². The van der Waals surface area contributed by atoms with E-state index in [1.165, 1.54) is 17.1 Å². The predicted octanol–water partition coefficient (Wildman–Crippen LogP) is 5.27. The van der Waals surface area contributed by atoms with Gasteiger partial charge in [-0.25, -0.2) is 0 Å². The largest absolute Gasteiger partial charge is 0.309 e.